The Morgan fingerprint density at radius 3 is 2.22 bits per heavy atom. The molecular weight excluding hydrogens is 427 g/mol. The molecule has 0 aliphatic rings. The fraction of sp³-hybridized carbons (Fsp3) is 0.0833. The van der Waals surface area contributed by atoms with Gasteiger partial charge in [0, 0.05) is 17.5 Å². The maximum absolute atomic E-state index is 13.2. The minimum Gasteiger partial charge on any atom is -0.340 e. The van der Waals surface area contributed by atoms with E-state index in [2.05, 4.69) is 20.8 Å². The average molecular weight is 447 g/mol. The van der Waals surface area contributed by atoms with Crippen LogP contribution in [0.15, 0.2) is 84.9 Å². The Labute approximate surface area is 188 Å². The predicted octanol–water partition coefficient (Wildman–Crippen LogP) is 4.32. The third kappa shape index (κ3) is 5.41. The van der Waals surface area contributed by atoms with Crippen molar-refractivity contribution in [1.29, 1.82) is 0 Å². The highest BCUT2D eigenvalue weighted by atomic mass is 32.1. The summed E-state index contributed by atoms with van der Waals surface area (Å²) >= 11 is 1.17. The molecule has 0 aliphatic carbocycles. The van der Waals surface area contributed by atoms with Crippen LogP contribution in [-0.2, 0) is 11.2 Å². The topological polar surface area (TPSA) is 84.0 Å². The first-order valence-electron chi connectivity index (χ1n) is 9.88. The highest BCUT2D eigenvalue weighted by Crippen LogP contribution is 2.26. The van der Waals surface area contributed by atoms with Gasteiger partial charge in [0.25, 0.3) is 5.91 Å². The zero-order valence-corrected chi connectivity index (χ0v) is 17.7. The lowest BCUT2D eigenvalue weighted by Crippen LogP contribution is -2.45. The van der Waals surface area contributed by atoms with Crippen molar-refractivity contribution in [1.82, 2.24) is 15.5 Å². The maximum Gasteiger partial charge on any atom is 0.251 e. The first-order valence-corrected chi connectivity index (χ1v) is 10.7. The van der Waals surface area contributed by atoms with E-state index >= 15 is 0 Å². The highest BCUT2D eigenvalue weighted by Gasteiger charge is 2.23. The lowest BCUT2D eigenvalue weighted by Gasteiger charge is -2.18. The number of hydrogen-bond donors (Lipinski definition) is 2. The molecule has 2 N–H and O–H groups in total. The summed E-state index contributed by atoms with van der Waals surface area (Å²) in [5, 5.41) is 14.5. The van der Waals surface area contributed by atoms with Gasteiger partial charge in [-0.15, -0.1) is 10.2 Å². The van der Waals surface area contributed by atoms with E-state index in [4.69, 9.17) is 0 Å². The molecule has 6 nitrogen and oxygen atoms in total. The predicted molar refractivity (Wildman–Crippen MR) is 122 cm³/mol. The second-order valence-corrected chi connectivity index (χ2v) is 7.97. The second kappa shape index (κ2) is 9.93. The SMILES string of the molecule is O=C(N[C@@H](Cc1ccccc1)C(=O)Nc1nnc(-c2ccc(F)cc2)s1)c1ccccc1. The van der Waals surface area contributed by atoms with E-state index in [1.807, 2.05) is 36.4 Å². The van der Waals surface area contributed by atoms with Crippen LogP contribution in [-0.4, -0.2) is 28.1 Å². The zero-order valence-electron chi connectivity index (χ0n) is 16.9. The Morgan fingerprint density at radius 2 is 1.53 bits per heavy atom. The molecule has 32 heavy (non-hydrogen) atoms. The van der Waals surface area contributed by atoms with Gasteiger partial charge in [-0.2, -0.15) is 0 Å². The van der Waals surface area contributed by atoms with Gasteiger partial charge in [0.15, 0.2) is 0 Å². The van der Waals surface area contributed by atoms with Crippen LogP contribution in [0.3, 0.4) is 0 Å². The minimum atomic E-state index is -0.816. The summed E-state index contributed by atoms with van der Waals surface area (Å²) < 4.78 is 13.2. The molecule has 1 aromatic heterocycles. The summed E-state index contributed by atoms with van der Waals surface area (Å²) in [6.45, 7) is 0. The first-order chi connectivity index (χ1) is 15.6. The van der Waals surface area contributed by atoms with Crippen molar-refractivity contribution in [3.8, 4) is 10.6 Å². The summed E-state index contributed by atoms with van der Waals surface area (Å²) in [5.74, 6) is -1.09. The van der Waals surface area contributed by atoms with Crippen molar-refractivity contribution in [3.63, 3.8) is 0 Å². The summed E-state index contributed by atoms with van der Waals surface area (Å²) in [6, 6.07) is 23.2. The number of carbonyl (C=O) groups excluding carboxylic acids is 2. The van der Waals surface area contributed by atoms with Crippen molar-refractivity contribution in [2.45, 2.75) is 12.5 Å². The largest absolute Gasteiger partial charge is 0.340 e. The van der Waals surface area contributed by atoms with Crippen LogP contribution in [0.4, 0.5) is 9.52 Å². The normalized spacial score (nSPS) is 11.5. The van der Waals surface area contributed by atoms with Gasteiger partial charge in [-0.1, -0.05) is 59.9 Å². The van der Waals surface area contributed by atoms with Gasteiger partial charge in [0.1, 0.15) is 16.9 Å². The molecule has 0 aliphatic heterocycles. The van der Waals surface area contributed by atoms with E-state index in [1.165, 1.54) is 23.5 Å². The van der Waals surface area contributed by atoms with Crippen LogP contribution < -0.4 is 10.6 Å². The molecule has 1 heterocycles. The minimum absolute atomic E-state index is 0.293. The van der Waals surface area contributed by atoms with Gasteiger partial charge in [0.05, 0.1) is 0 Å². The Hall–Kier alpha value is -3.91. The van der Waals surface area contributed by atoms with E-state index in [1.54, 1.807) is 36.4 Å². The molecular formula is C24H19FN4O2S. The number of halogens is 1. The van der Waals surface area contributed by atoms with E-state index < -0.39 is 11.9 Å². The average Bonchev–Trinajstić information content (AvgIpc) is 3.28. The van der Waals surface area contributed by atoms with Crippen molar-refractivity contribution >= 4 is 28.3 Å². The number of anilines is 1. The lowest BCUT2D eigenvalue weighted by molar-refractivity contribution is -0.118. The number of carbonyl (C=O) groups is 2. The van der Waals surface area contributed by atoms with E-state index in [0.717, 1.165) is 5.56 Å². The van der Waals surface area contributed by atoms with Crippen LogP contribution in [0.1, 0.15) is 15.9 Å². The van der Waals surface area contributed by atoms with E-state index in [9.17, 15) is 14.0 Å². The van der Waals surface area contributed by atoms with Gasteiger partial charge in [-0.05, 0) is 42.0 Å². The third-order valence-corrected chi connectivity index (χ3v) is 5.57. The molecule has 4 rings (SSSR count). The molecule has 4 aromatic rings. The smallest absolute Gasteiger partial charge is 0.251 e. The lowest BCUT2D eigenvalue weighted by atomic mass is 10.0. The molecule has 0 saturated carbocycles. The van der Waals surface area contributed by atoms with Crippen LogP contribution in [0.2, 0.25) is 0 Å². The van der Waals surface area contributed by atoms with Gasteiger partial charge in [-0.25, -0.2) is 4.39 Å². The molecule has 160 valence electrons. The first kappa shape index (κ1) is 21.3. The molecule has 2 amide bonds. The number of nitrogens with zero attached hydrogens (tertiary/aromatic N) is 2. The summed E-state index contributed by atoms with van der Waals surface area (Å²) in [7, 11) is 0. The Morgan fingerprint density at radius 1 is 0.875 bits per heavy atom. The molecule has 0 fully saturated rings. The van der Waals surface area contributed by atoms with Crippen LogP contribution >= 0.6 is 11.3 Å². The number of aromatic nitrogens is 2. The summed E-state index contributed by atoms with van der Waals surface area (Å²) in [4.78, 5) is 25.7. The van der Waals surface area contributed by atoms with Gasteiger partial charge < -0.3 is 5.32 Å². The zero-order chi connectivity index (χ0) is 22.3. The number of hydrogen-bond acceptors (Lipinski definition) is 5. The van der Waals surface area contributed by atoms with Crippen molar-refractivity contribution in [3.05, 3.63) is 102 Å². The standard InChI is InChI=1S/C24H19FN4O2S/c25-19-13-11-18(12-14-19)23-28-29-24(32-23)27-22(31)20(15-16-7-3-1-4-8-16)26-21(30)17-9-5-2-6-10-17/h1-14,20H,15H2,(H,26,30)(H,27,29,31)/t20-/m0/s1. The van der Waals surface area contributed by atoms with Gasteiger partial charge in [-0.3, -0.25) is 14.9 Å². The van der Waals surface area contributed by atoms with Crippen molar-refractivity contribution in [2.24, 2.45) is 0 Å². The fourth-order valence-corrected chi connectivity index (χ4v) is 3.82. The fourth-order valence-electron chi connectivity index (χ4n) is 3.07. The number of benzene rings is 3. The molecule has 0 radical (unpaired) electrons. The van der Waals surface area contributed by atoms with Gasteiger partial charge >= 0.3 is 0 Å². The Bertz CT molecular complexity index is 1200. The Balaban J connectivity index is 1.50. The van der Waals surface area contributed by atoms with E-state index in [0.29, 0.717) is 27.7 Å². The number of amides is 2. The summed E-state index contributed by atoms with van der Waals surface area (Å²) in [6.07, 6.45) is 0.314. The molecule has 0 bridgehead atoms. The number of rotatable bonds is 7. The van der Waals surface area contributed by atoms with Crippen LogP contribution in [0.25, 0.3) is 10.6 Å². The number of nitrogens with one attached hydrogen (secondary N) is 2. The molecule has 0 spiro atoms. The monoisotopic (exact) mass is 446 g/mol. The van der Waals surface area contributed by atoms with Crippen LogP contribution in [0.5, 0.6) is 0 Å². The van der Waals surface area contributed by atoms with Crippen molar-refractivity contribution in [2.75, 3.05) is 5.32 Å². The molecule has 0 unspecified atom stereocenters. The van der Waals surface area contributed by atoms with Crippen LogP contribution in [0, 0.1) is 5.82 Å². The Kier molecular flexibility index (Phi) is 6.62. The highest BCUT2D eigenvalue weighted by molar-refractivity contribution is 7.18. The third-order valence-electron chi connectivity index (χ3n) is 4.69. The van der Waals surface area contributed by atoms with E-state index in [-0.39, 0.29) is 11.7 Å². The molecule has 0 saturated heterocycles. The van der Waals surface area contributed by atoms with Gasteiger partial charge in [0.2, 0.25) is 11.0 Å². The summed E-state index contributed by atoms with van der Waals surface area (Å²) in [5.41, 5.74) is 2.07. The molecule has 1 atom stereocenters. The quantitative estimate of drug-likeness (QED) is 0.443. The maximum atomic E-state index is 13.2. The second-order valence-electron chi connectivity index (χ2n) is 6.99. The molecule has 8 heteroatoms. The van der Waals surface area contributed by atoms with Crippen molar-refractivity contribution < 1.29 is 14.0 Å². The molecule has 3 aromatic carbocycles.